The summed E-state index contributed by atoms with van der Waals surface area (Å²) < 4.78 is 0. The summed E-state index contributed by atoms with van der Waals surface area (Å²) in [5, 5.41) is 8.82. The van der Waals surface area contributed by atoms with Gasteiger partial charge in [0.15, 0.2) is 5.82 Å². The number of hydrogen-bond donors (Lipinski definition) is 2. The summed E-state index contributed by atoms with van der Waals surface area (Å²) in [6.45, 7) is 2.54. The average Bonchev–Trinajstić information content (AvgIpc) is 2.87. The first kappa shape index (κ1) is 21.1. The van der Waals surface area contributed by atoms with Crippen LogP contribution in [0.15, 0.2) is 79.5 Å². The smallest absolute Gasteiger partial charge is 0.274 e. The maximum atomic E-state index is 11.6. The van der Waals surface area contributed by atoms with Gasteiger partial charge in [0.2, 0.25) is 0 Å². The van der Waals surface area contributed by atoms with E-state index in [-0.39, 0.29) is 0 Å². The first-order chi connectivity index (χ1) is 15.7. The number of hydroxylamine groups is 1. The molecule has 0 saturated heterocycles. The molecule has 8 heteroatoms. The van der Waals surface area contributed by atoms with E-state index in [1.807, 2.05) is 41.4 Å². The molecule has 0 aliphatic rings. The molecule has 160 valence electrons. The van der Waals surface area contributed by atoms with Crippen LogP contribution in [0.2, 0.25) is 0 Å². The molecule has 0 radical (unpaired) electrons. The van der Waals surface area contributed by atoms with Crippen LogP contribution < -0.4 is 10.4 Å². The van der Waals surface area contributed by atoms with Gasteiger partial charge in [-0.1, -0.05) is 19.1 Å². The number of nitrogens with one attached hydrogen (secondary N) is 1. The quantitative estimate of drug-likeness (QED) is 0.340. The van der Waals surface area contributed by atoms with Crippen LogP contribution in [0.1, 0.15) is 28.5 Å². The molecular weight excluding hydrogens is 404 g/mol. The predicted octanol–water partition coefficient (Wildman–Crippen LogP) is 3.95. The number of aromatic nitrogens is 4. The van der Waals surface area contributed by atoms with Crippen molar-refractivity contribution in [1.82, 2.24) is 25.4 Å². The van der Waals surface area contributed by atoms with Gasteiger partial charge >= 0.3 is 0 Å². The van der Waals surface area contributed by atoms with Gasteiger partial charge in [0, 0.05) is 36.0 Å². The molecule has 2 N–H and O–H groups in total. The molecule has 0 saturated carbocycles. The third-order valence-electron chi connectivity index (χ3n) is 5.02. The van der Waals surface area contributed by atoms with Crippen LogP contribution in [0.25, 0.3) is 11.1 Å². The number of nitrogens with zero attached hydrogens (tertiary/aromatic N) is 5. The van der Waals surface area contributed by atoms with Crippen molar-refractivity contribution in [1.29, 1.82) is 0 Å². The van der Waals surface area contributed by atoms with Gasteiger partial charge in [0.1, 0.15) is 5.82 Å². The summed E-state index contributed by atoms with van der Waals surface area (Å²) in [5.41, 5.74) is 6.07. The number of carbonyl (C=O) groups excluding carboxylic acids is 1. The molecule has 0 aliphatic carbocycles. The van der Waals surface area contributed by atoms with Crippen LogP contribution in [-0.2, 0) is 13.0 Å². The highest BCUT2D eigenvalue weighted by Gasteiger charge is 2.15. The van der Waals surface area contributed by atoms with Gasteiger partial charge in [-0.3, -0.25) is 20.0 Å². The summed E-state index contributed by atoms with van der Waals surface area (Å²) in [5.74, 6) is 0.814. The number of amides is 1. The highest BCUT2D eigenvalue weighted by molar-refractivity contribution is 5.93. The molecule has 4 aromatic rings. The molecule has 8 nitrogen and oxygen atoms in total. The van der Waals surface area contributed by atoms with Crippen molar-refractivity contribution >= 4 is 17.5 Å². The minimum Gasteiger partial charge on any atom is -0.305 e. The van der Waals surface area contributed by atoms with Crippen LogP contribution in [-0.4, -0.2) is 31.1 Å². The Balaban J connectivity index is 1.69. The Kier molecular flexibility index (Phi) is 6.43. The zero-order chi connectivity index (χ0) is 22.3. The van der Waals surface area contributed by atoms with Crippen molar-refractivity contribution in [2.75, 3.05) is 4.90 Å². The molecule has 0 atom stereocenters. The molecule has 0 bridgehead atoms. The zero-order valence-electron chi connectivity index (χ0n) is 17.5. The van der Waals surface area contributed by atoms with Crippen LogP contribution in [0, 0.1) is 0 Å². The van der Waals surface area contributed by atoms with Gasteiger partial charge < -0.3 is 4.90 Å². The molecular formula is C24H22N6O2. The van der Waals surface area contributed by atoms with E-state index in [0.717, 1.165) is 34.6 Å². The normalized spacial score (nSPS) is 10.6. The lowest BCUT2D eigenvalue weighted by Gasteiger charge is -2.23. The summed E-state index contributed by atoms with van der Waals surface area (Å²) in [6, 6.07) is 15.0. The first-order valence-electron chi connectivity index (χ1n) is 10.2. The van der Waals surface area contributed by atoms with Gasteiger partial charge in [-0.05, 0) is 59.5 Å². The number of pyridine rings is 2. The highest BCUT2D eigenvalue weighted by atomic mass is 16.5. The summed E-state index contributed by atoms with van der Waals surface area (Å²) in [4.78, 5) is 31.2. The second-order valence-corrected chi connectivity index (χ2v) is 7.08. The number of benzene rings is 1. The van der Waals surface area contributed by atoms with Crippen molar-refractivity contribution in [2.45, 2.75) is 19.9 Å². The van der Waals surface area contributed by atoms with Crippen molar-refractivity contribution in [3.63, 3.8) is 0 Å². The zero-order valence-corrected chi connectivity index (χ0v) is 17.5. The predicted molar refractivity (Wildman–Crippen MR) is 120 cm³/mol. The van der Waals surface area contributed by atoms with E-state index in [4.69, 9.17) is 5.21 Å². The van der Waals surface area contributed by atoms with Gasteiger partial charge in [-0.25, -0.2) is 15.4 Å². The summed E-state index contributed by atoms with van der Waals surface area (Å²) >= 11 is 0. The van der Waals surface area contributed by atoms with Gasteiger partial charge in [0.05, 0.1) is 12.7 Å². The van der Waals surface area contributed by atoms with E-state index >= 15 is 0 Å². The third-order valence-corrected chi connectivity index (χ3v) is 5.02. The standard InChI is InChI=1S/C24H22N6O2/c1-2-21-13-19(7-9-26-21)20-8-10-27-22(14-20)30(23-15-25-11-12-28-23)16-17-3-5-18(6-4-17)24(31)29-32/h3-15,32H,2,16H2,1H3,(H,29,31). The molecule has 3 heterocycles. The SMILES string of the molecule is CCc1cc(-c2ccnc(N(Cc3ccc(C(=O)NO)cc3)c3cnccn3)c2)ccn1. The van der Waals surface area contributed by atoms with Gasteiger partial charge in [-0.2, -0.15) is 0 Å². The molecule has 1 aromatic carbocycles. The van der Waals surface area contributed by atoms with Crippen molar-refractivity contribution in [3.05, 3.63) is 96.3 Å². The number of aryl methyl sites for hydroxylation is 1. The Morgan fingerprint density at radius 2 is 1.62 bits per heavy atom. The van der Waals surface area contributed by atoms with Crippen molar-refractivity contribution in [2.24, 2.45) is 0 Å². The minimum atomic E-state index is -0.555. The molecule has 32 heavy (non-hydrogen) atoms. The van der Waals surface area contributed by atoms with E-state index in [9.17, 15) is 4.79 Å². The van der Waals surface area contributed by atoms with E-state index in [1.54, 1.807) is 42.4 Å². The fourth-order valence-corrected chi connectivity index (χ4v) is 3.32. The Bertz CT molecular complexity index is 1200. The van der Waals surface area contributed by atoms with Crippen LogP contribution in [0.5, 0.6) is 0 Å². The minimum absolute atomic E-state index is 0.367. The number of hydrogen-bond acceptors (Lipinski definition) is 7. The molecule has 4 rings (SSSR count). The lowest BCUT2D eigenvalue weighted by molar-refractivity contribution is 0.0706. The van der Waals surface area contributed by atoms with Crippen LogP contribution in [0.3, 0.4) is 0 Å². The number of carbonyl (C=O) groups is 1. The van der Waals surface area contributed by atoms with Crippen LogP contribution >= 0.6 is 0 Å². The Hall–Kier alpha value is -4.17. The summed E-state index contributed by atoms with van der Waals surface area (Å²) in [6.07, 6.45) is 9.40. The van der Waals surface area contributed by atoms with Gasteiger partial charge in [0.25, 0.3) is 5.91 Å². The lowest BCUT2D eigenvalue weighted by atomic mass is 10.1. The van der Waals surface area contributed by atoms with Crippen molar-refractivity contribution in [3.8, 4) is 11.1 Å². The Morgan fingerprint density at radius 3 is 2.31 bits per heavy atom. The van der Waals surface area contributed by atoms with Crippen molar-refractivity contribution < 1.29 is 10.0 Å². The van der Waals surface area contributed by atoms with E-state index in [1.165, 1.54) is 0 Å². The largest absolute Gasteiger partial charge is 0.305 e. The topological polar surface area (TPSA) is 104 Å². The number of anilines is 2. The molecule has 1 amide bonds. The monoisotopic (exact) mass is 426 g/mol. The van der Waals surface area contributed by atoms with E-state index in [2.05, 4.69) is 32.9 Å². The molecule has 3 aromatic heterocycles. The first-order valence-corrected chi connectivity index (χ1v) is 10.2. The Labute approximate surface area is 185 Å². The molecule has 0 aliphatic heterocycles. The fraction of sp³-hybridized carbons (Fsp3) is 0.125. The van der Waals surface area contributed by atoms with E-state index in [0.29, 0.717) is 17.9 Å². The summed E-state index contributed by atoms with van der Waals surface area (Å²) in [7, 11) is 0. The van der Waals surface area contributed by atoms with Crippen LogP contribution in [0.4, 0.5) is 11.6 Å². The maximum absolute atomic E-state index is 11.6. The van der Waals surface area contributed by atoms with Gasteiger partial charge in [-0.15, -0.1) is 0 Å². The Morgan fingerprint density at radius 1 is 0.906 bits per heavy atom. The third kappa shape index (κ3) is 4.76. The average molecular weight is 426 g/mol. The maximum Gasteiger partial charge on any atom is 0.274 e. The second kappa shape index (κ2) is 9.76. The molecule has 0 unspecified atom stereocenters. The van der Waals surface area contributed by atoms with E-state index < -0.39 is 5.91 Å². The highest BCUT2D eigenvalue weighted by Crippen LogP contribution is 2.28. The second-order valence-electron chi connectivity index (χ2n) is 7.08. The molecule has 0 fully saturated rings. The number of rotatable bonds is 7. The fourth-order valence-electron chi connectivity index (χ4n) is 3.32. The molecule has 0 spiro atoms. The lowest BCUT2D eigenvalue weighted by Crippen LogP contribution is -2.20.